The molecule has 1 saturated heterocycles. The number of morpholine rings is 1. The second kappa shape index (κ2) is 10.4. The Morgan fingerprint density at radius 2 is 1.94 bits per heavy atom. The van der Waals surface area contributed by atoms with Gasteiger partial charge in [0.2, 0.25) is 5.91 Å². The second-order valence-electron chi connectivity index (χ2n) is 10.7. The van der Waals surface area contributed by atoms with Gasteiger partial charge < -0.3 is 14.8 Å². The van der Waals surface area contributed by atoms with Gasteiger partial charge in [-0.1, -0.05) is 19.9 Å². The fraction of sp³-hybridized carbons (Fsp3) is 0.731. The summed E-state index contributed by atoms with van der Waals surface area (Å²) in [6.07, 6.45) is 8.10. The van der Waals surface area contributed by atoms with Crippen LogP contribution in [0.2, 0.25) is 0 Å². The van der Waals surface area contributed by atoms with Gasteiger partial charge in [-0.2, -0.15) is 0 Å². The van der Waals surface area contributed by atoms with E-state index in [-0.39, 0.29) is 11.3 Å². The van der Waals surface area contributed by atoms with E-state index in [1.165, 1.54) is 32.1 Å². The van der Waals surface area contributed by atoms with E-state index in [4.69, 9.17) is 9.47 Å². The van der Waals surface area contributed by atoms with Crippen LogP contribution in [0.1, 0.15) is 58.8 Å². The highest BCUT2D eigenvalue weighted by molar-refractivity contribution is 5.91. The van der Waals surface area contributed by atoms with Gasteiger partial charge >= 0.3 is 0 Å². The number of hydrogen-bond acceptors (Lipinski definition) is 4. The van der Waals surface area contributed by atoms with Gasteiger partial charge in [-0.3, -0.25) is 9.69 Å². The lowest BCUT2D eigenvalue weighted by Crippen LogP contribution is -2.38. The quantitative estimate of drug-likeness (QED) is 0.594. The Balaban J connectivity index is 1.22. The Kier molecular flexibility index (Phi) is 7.55. The zero-order chi connectivity index (χ0) is 21.7. The molecular weight excluding hydrogens is 388 g/mol. The van der Waals surface area contributed by atoms with Gasteiger partial charge in [0.05, 0.1) is 19.8 Å². The van der Waals surface area contributed by atoms with E-state index in [9.17, 15) is 4.79 Å². The first-order valence-corrected chi connectivity index (χ1v) is 12.3. The summed E-state index contributed by atoms with van der Waals surface area (Å²) < 4.78 is 11.3. The SMILES string of the molecule is CC1CC2CC(C1)CC(C)(CC(=O)Nc1cccc(OCCCN3CCOCC3)c1)C2. The number of benzene rings is 1. The number of fused-ring (bicyclic) bond motifs is 2. The highest BCUT2D eigenvalue weighted by Gasteiger charge is 2.41. The molecule has 5 nitrogen and oxygen atoms in total. The number of anilines is 1. The monoisotopic (exact) mass is 428 g/mol. The summed E-state index contributed by atoms with van der Waals surface area (Å²) in [5.74, 6) is 3.45. The Morgan fingerprint density at radius 1 is 1.19 bits per heavy atom. The second-order valence-corrected chi connectivity index (χ2v) is 10.7. The first kappa shape index (κ1) is 22.6. The summed E-state index contributed by atoms with van der Waals surface area (Å²) in [7, 11) is 0. The minimum Gasteiger partial charge on any atom is -0.493 e. The minimum atomic E-state index is 0.139. The number of amides is 1. The molecule has 2 unspecified atom stereocenters. The van der Waals surface area contributed by atoms with Crippen molar-refractivity contribution in [3.8, 4) is 5.75 Å². The third-order valence-electron chi connectivity index (χ3n) is 7.40. The maximum absolute atomic E-state index is 12.8. The molecule has 2 saturated carbocycles. The van der Waals surface area contributed by atoms with Crippen LogP contribution in [0.4, 0.5) is 5.69 Å². The molecule has 31 heavy (non-hydrogen) atoms. The van der Waals surface area contributed by atoms with Crippen LogP contribution in [0.3, 0.4) is 0 Å². The zero-order valence-corrected chi connectivity index (χ0v) is 19.4. The summed E-state index contributed by atoms with van der Waals surface area (Å²) >= 11 is 0. The van der Waals surface area contributed by atoms with Crippen molar-refractivity contribution in [3.05, 3.63) is 24.3 Å². The maximum Gasteiger partial charge on any atom is 0.224 e. The van der Waals surface area contributed by atoms with Crippen LogP contribution in [0.5, 0.6) is 5.75 Å². The Hall–Kier alpha value is -1.59. The molecule has 1 aromatic rings. The van der Waals surface area contributed by atoms with Crippen LogP contribution in [0.15, 0.2) is 24.3 Å². The van der Waals surface area contributed by atoms with Crippen LogP contribution in [0, 0.1) is 23.2 Å². The summed E-state index contributed by atoms with van der Waals surface area (Å²) in [6, 6.07) is 7.83. The first-order chi connectivity index (χ1) is 15.0. The predicted molar refractivity (Wildman–Crippen MR) is 124 cm³/mol. The molecule has 1 amide bonds. The highest BCUT2D eigenvalue weighted by atomic mass is 16.5. The average molecular weight is 429 g/mol. The van der Waals surface area contributed by atoms with Crippen molar-refractivity contribution in [2.24, 2.45) is 23.2 Å². The van der Waals surface area contributed by atoms with Crippen molar-refractivity contribution in [3.63, 3.8) is 0 Å². The summed E-state index contributed by atoms with van der Waals surface area (Å²) in [4.78, 5) is 15.3. The van der Waals surface area contributed by atoms with Crippen molar-refractivity contribution in [1.82, 2.24) is 4.90 Å². The first-order valence-electron chi connectivity index (χ1n) is 12.3. The smallest absolute Gasteiger partial charge is 0.224 e. The van der Waals surface area contributed by atoms with Crippen molar-refractivity contribution in [1.29, 1.82) is 0 Å². The summed E-state index contributed by atoms with van der Waals surface area (Å²) in [6.45, 7) is 10.2. The molecule has 1 N–H and O–H groups in total. The van der Waals surface area contributed by atoms with Gasteiger partial charge in [0.25, 0.3) is 0 Å². The van der Waals surface area contributed by atoms with Crippen molar-refractivity contribution < 1.29 is 14.3 Å². The van der Waals surface area contributed by atoms with Gasteiger partial charge in [-0.15, -0.1) is 0 Å². The molecule has 2 atom stereocenters. The van der Waals surface area contributed by atoms with Gasteiger partial charge in [0, 0.05) is 37.8 Å². The number of ether oxygens (including phenoxy) is 2. The van der Waals surface area contributed by atoms with E-state index in [0.29, 0.717) is 13.0 Å². The van der Waals surface area contributed by atoms with Gasteiger partial charge in [0.1, 0.15) is 5.75 Å². The molecule has 2 bridgehead atoms. The average Bonchev–Trinajstić information content (AvgIpc) is 2.70. The fourth-order valence-corrected chi connectivity index (χ4v) is 6.41. The largest absolute Gasteiger partial charge is 0.493 e. The van der Waals surface area contributed by atoms with Gasteiger partial charge in [-0.05, 0) is 73.8 Å². The van der Waals surface area contributed by atoms with Crippen molar-refractivity contribution in [2.75, 3.05) is 44.8 Å². The normalized spacial score (nSPS) is 31.2. The zero-order valence-electron chi connectivity index (χ0n) is 19.4. The molecular formula is C26H40N2O3. The summed E-state index contributed by atoms with van der Waals surface area (Å²) in [5, 5.41) is 3.13. The topological polar surface area (TPSA) is 50.8 Å². The van der Waals surface area contributed by atoms with Crippen molar-refractivity contribution >= 4 is 11.6 Å². The molecule has 0 radical (unpaired) electrons. The molecule has 1 aliphatic heterocycles. The predicted octanol–water partition coefficient (Wildman–Crippen LogP) is 4.97. The van der Waals surface area contributed by atoms with Gasteiger partial charge in [-0.25, -0.2) is 0 Å². The molecule has 4 rings (SSSR count). The highest BCUT2D eigenvalue weighted by Crippen LogP contribution is 2.51. The molecule has 0 aromatic heterocycles. The molecule has 1 heterocycles. The number of carbonyl (C=O) groups is 1. The molecule has 3 aliphatic rings. The van der Waals surface area contributed by atoms with E-state index >= 15 is 0 Å². The van der Waals surface area contributed by atoms with Crippen LogP contribution < -0.4 is 10.1 Å². The number of nitrogens with one attached hydrogen (secondary N) is 1. The molecule has 172 valence electrons. The molecule has 5 heteroatoms. The summed E-state index contributed by atoms with van der Waals surface area (Å²) in [5.41, 5.74) is 0.981. The lowest BCUT2D eigenvalue weighted by Gasteiger charge is -2.47. The van der Waals surface area contributed by atoms with E-state index in [1.807, 2.05) is 24.3 Å². The van der Waals surface area contributed by atoms with Gasteiger partial charge in [0.15, 0.2) is 0 Å². The van der Waals surface area contributed by atoms with Crippen LogP contribution >= 0.6 is 0 Å². The Labute approximate surface area is 187 Å². The third-order valence-corrected chi connectivity index (χ3v) is 7.40. The van der Waals surface area contributed by atoms with Crippen LogP contribution in [0.25, 0.3) is 0 Å². The third kappa shape index (κ3) is 6.69. The minimum absolute atomic E-state index is 0.139. The Morgan fingerprint density at radius 3 is 2.68 bits per heavy atom. The van der Waals surface area contributed by atoms with Crippen LogP contribution in [-0.2, 0) is 9.53 Å². The van der Waals surface area contributed by atoms with Crippen LogP contribution in [-0.4, -0.2) is 50.3 Å². The maximum atomic E-state index is 12.8. The van der Waals surface area contributed by atoms with E-state index < -0.39 is 0 Å². The number of carbonyl (C=O) groups excluding carboxylic acids is 1. The standard InChI is InChI=1S/C26H40N2O3/c1-20-13-21-15-22(14-20)18-26(2,17-21)19-25(29)27-23-5-3-6-24(16-23)31-10-4-7-28-8-11-30-12-9-28/h3,5-6,16,20-22H,4,7-15,17-19H2,1-2H3,(H,27,29). The molecule has 1 aromatic carbocycles. The molecule has 0 spiro atoms. The fourth-order valence-electron chi connectivity index (χ4n) is 6.41. The number of nitrogens with zero attached hydrogens (tertiary/aromatic N) is 1. The van der Waals surface area contributed by atoms with E-state index in [2.05, 4.69) is 24.1 Å². The van der Waals surface area contributed by atoms with E-state index in [1.54, 1.807) is 0 Å². The van der Waals surface area contributed by atoms with Crippen molar-refractivity contribution in [2.45, 2.75) is 58.8 Å². The number of rotatable bonds is 8. The lowest BCUT2D eigenvalue weighted by molar-refractivity contribution is -0.119. The molecule has 2 aliphatic carbocycles. The molecule has 3 fully saturated rings. The lowest BCUT2D eigenvalue weighted by atomic mass is 9.58. The number of hydrogen-bond donors (Lipinski definition) is 1. The van der Waals surface area contributed by atoms with E-state index in [0.717, 1.165) is 68.5 Å². The Bertz CT molecular complexity index is 713.